The smallest absolute Gasteiger partial charge is 1.00 e. The third-order valence-corrected chi connectivity index (χ3v) is 7.05. The molecule has 0 aliphatic heterocycles. The average molecular weight is 455 g/mol. The van der Waals surface area contributed by atoms with E-state index in [9.17, 15) is 0 Å². The molecule has 0 aromatic carbocycles. The first kappa shape index (κ1) is 27.3. The standard InChI is InChI=1S/C22H45.BrH.Zn/c1-4-6-8-10-12-14-16-18-20-22(3)21-19-17-15-13-11-9-7-5-2;;/h22H,3-21H2,1-2H3;1H;/q;;+1/p-1. The molecular weight excluding hydrogens is 410 g/mol. The van der Waals surface area contributed by atoms with Crippen molar-refractivity contribution in [3.05, 3.63) is 0 Å². The average Bonchev–Trinajstić information content (AvgIpc) is 2.57. The second-order valence-electron chi connectivity index (χ2n) is 7.68. The van der Waals surface area contributed by atoms with E-state index < -0.39 is 0 Å². The quantitative estimate of drug-likeness (QED) is 0.175. The maximum absolute atomic E-state index is 2.31. The van der Waals surface area contributed by atoms with Crippen molar-refractivity contribution in [2.24, 2.45) is 5.92 Å². The van der Waals surface area contributed by atoms with Crippen LogP contribution in [0.25, 0.3) is 0 Å². The third kappa shape index (κ3) is 21.1. The van der Waals surface area contributed by atoms with Gasteiger partial charge in [0.05, 0.1) is 0 Å². The molecule has 0 nitrogen and oxygen atoms in total. The Bertz CT molecular complexity index is 188. The third-order valence-electron chi connectivity index (χ3n) is 5.34. The molecule has 0 saturated heterocycles. The van der Waals surface area contributed by atoms with Crippen LogP contribution in [0, 0.1) is 5.92 Å². The molecule has 0 aliphatic rings. The van der Waals surface area contributed by atoms with Gasteiger partial charge in [-0.15, -0.1) is 0 Å². The summed E-state index contributed by atoms with van der Waals surface area (Å²) in [5.41, 5.74) is 0. The molecule has 0 fully saturated rings. The van der Waals surface area contributed by atoms with E-state index in [1.807, 2.05) is 0 Å². The fourth-order valence-corrected chi connectivity index (χ4v) is 4.78. The molecule has 0 N–H and O–H groups in total. The molecule has 0 atom stereocenters. The predicted octanol–water partition coefficient (Wildman–Crippen LogP) is 5.63. The van der Waals surface area contributed by atoms with E-state index in [-0.39, 0.29) is 17.0 Å². The minimum atomic E-state index is 0. The van der Waals surface area contributed by atoms with Crippen LogP contribution in [-0.2, 0) is 18.3 Å². The summed E-state index contributed by atoms with van der Waals surface area (Å²) in [6.45, 7) is 4.61. The Morgan fingerprint density at radius 3 is 1.08 bits per heavy atom. The zero-order valence-corrected chi connectivity index (χ0v) is 21.7. The van der Waals surface area contributed by atoms with E-state index in [1.54, 1.807) is 0 Å². The Balaban J connectivity index is 0. The predicted molar refractivity (Wildman–Crippen MR) is 103 cm³/mol. The van der Waals surface area contributed by atoms with E-state index in [2.05, 4.69) is 13.8 Å². The van der Waals surface area contributed by atoms with Crippen molar-refractivity contribution < 1.29 is 35.3 Å². The fourth-order valence-electron chi connectivity index (χ4n) is 3.57. The minimum absolute atomic E-state index is 0. The Morgan fingerprint density at radius 2 is 0.792 bits per heavy atom. The number of hydrogen-bond donors (Lipinski definition) is 0. The molecule has 0 radical (unpaired) electrons. The molecule has 0 amide bonds. The zero-order valence-electron chi connectivity index (χ0n) is 17.1. The molecule has 0 aromatic rings. The minimum Gasteiger partial charge on any atom is -1.00 e. The van der Waals surface area contributed by atoms with Gasteiger partial charge in [-0.2, -0.15) is 0 Å². The molecule has 0 bridgehead atoms. The number of halogens is 1. The van der Waals surface area contributed by atoms with Crippen molar-refractivity contribution in [2.45, 2.75) is 134 Å². The SMILES string of the molecule is CCCCCCCCCCC([CH2][Zn+])CCCCCCCCCC.[Br-]. The zero-order chi connectivity index (χ0) is 17.0. The topological polar surface area (TPSA) is 0 Å². The molecule has 0 unspecified atom stereocenters. The second-order valence-corrected chi connectivity index (χ2v) is 8.89. The first-order chi connectivity index (χ1) is 11.3. The van der Waals surface area contributed by atoms with Crippen molar-refractivity contribution in [3.8, 4) is 0 Å². The second kappa shape index (κ2) is 24.1. The van der Waals surface area contributed by atoms with Crippen LogP contribution in [0.15, 0.2) is 0 Å². The Kier molecular flexibility index (Phi) is 27.4. The maximum atomic E-state index is 2.31. The van der Waals surface area contributed by atoms with Gasteiger partial charge < -0.3 is 17.0 Å². The van der Waals surface area contributed by atoms with Crippen LogP contribution in [0.4, 0.5) is 0 Å². The van der Waals surface area contributed by atoms with Gasteiger partial charge in [0.15, 0.2) is 0 Å². The molecule has 0 rings (SSSR count). The summed E-state index contributed by atoms with van der Waals surface area (Å²) in [6, 6.07) is 0. The molecule has 0 spiro atoms. The van der Waals surface area contributed by atoms with E-state index in [1.165, 1.54) is 139 Å². The summed E-state index contributed by atoms with van der Waals surface area (Å²) in [7, 11) is 0. The van der Waals surface area contributed by atoms with Gasteiger partial charge in [-0.25, -0.2) is 0 Å². The summed E-state index contributed by atoms with van der Waals surface area (Å²) in [4.78, 5) is 0. The van der Waals surface area contributed by atoms with Crippen LogP contribution in [0.5, 0.6) is 0 Å². The molecule has 0 saturated carbocycles. The summed E-state index contributed by atoms with van der Waals surface area (Å²) in [6.07, 6.45) is 26.6. The van der Waals surface area contributed by atoms with Crippen LogP contribution in [0.2, 0.25) is 5.02 Å². The molecule has 0 heterocycles. The molecule has 24 heavy (non-hydrogen) atoms. The van der Waals surface area contributed by atoms with Crippen molar-refractivity contribution >= 4 is 0 Å². The van der Waals surface area contributed by atoms with Crippen molar-refractivity contribution in [3.63, 3.8) is 0 Å². The van der Waals surface area contributed by atoms with Gasteiger partial charge in [-0.05, 0) is 0 Å². The first-order valence-electron chi connectivity index (χ1n) is 11.1. The van der Waals surface area contributed by atoms with Gasteiger partial charge in [-0.1, -0.05) is 0 Å². The van der Waals surface area contributed by atoms with E-state index in [4.69, 9.17) is 0 Å². The van der Waals surface area contributed by atoms with Crippen molar-refractivity contribution in [1.82, 2.24) is 0 Å². The summed E-state index contributed by atoms with van der Waals surface area (Å²) < 4.78 is 0. The molecule has 142 valence electrons. The molecular formula is C22H45BrZn. The van der Waals surface area contributed by atoms with E-state index >= 15 is 0 Å². The Hall–Kier alpha value is 1.10. The number of hydrogen-bond acceptors (Lipinski definition) is 0. The van der Waals surface area contributed by atoms with Crippen LogP contribution in [0.1, 0.15) is 129 Å². The van der Waals surface area contributed by atoms with E-state index in [0.29, 0.717) is 0 Å². The van der Waals surface area contributed by atoms with Crippen molar-refractivity contribution in [1.29, 1.82) is 0 Å². The van der Waals surface area contributed by atoms with E-state index in [0.717, 1.165) is 5.92 Å². The van der Waals surface area contributed by atoms with Crippen LogP contribution in [-0.4, -0.2) is 0 Å². The molecule has 0 aromatic heterocycles. The van der Waals surface area contributed by atoms with Gasteiger partial charge in [0.25, 0.3) is 0 Å². The van der Waals surface area contributed by atoms with Gasteiger partial charge in [0.2, 0.25) is 0 Å². The fraction of sp³-hybridized carbons (Fsp3) is 1.00. The van der Waals surface area contributed by atoms with Crippen LogP contribution < -0.4 is 17.0 Å². The summed E-state index contributed by atoms with van der Waals surface area (Å²) >= 11 is 1.51. The van der Waals surface area contributed by atoms with Gasteiger partial charge >= 0.3 is 159 Å². The molecule has 2 heteroatoms. The molecule has 0 aliphatic carbocycles. The summed E-state index contributed by atoms with van der Waals surface area (Å²) in [5.74, 6) is 1.08. The monoisotopic (exact) mass is 452 g/mol. The number of rotatable bonds is 19. The van der Waals surface area contributed by atoms with Gasteiger partial charge in [-0.3, -0.25) is 0 Å². The Labute approximate surface area is 175 Å². The van der Waals surface area contributed by atoms with Gasteiger partial charge in [0.1, 0.15) is 0 Å². The van der Waals surface area contributed by atoms with Crippen LogP contribution in [0.3, 0.4) is 0 Å². The van der Waals surface area contributed by atoms with Gasteiger partial charge in [0, 0.05) is 0 Å². The first-order valence-corrected chi connectivity index (χ1v) is 13.2. The Morgan fingerprint density at radius 1 is 0.500 bits per heavy atom. The van der Waals surface area contributed by atoms with Crippen LogP contribution >= 0.6 is 0 Å². The van der Waals surface area contributed by atoms with Crippen molar-refractivity contribution in [2.75, 3.05) is 0 Å². The number of unbranched alkanes of at least 4 members (excludes halogenated alkanes) is 14. The normalized spacial score (nSPS) is 11.0. The summed E-state index contributed by atoms with van der Waals surface area (Å²) in [5, 5.41) is 1.53.